The van der Waals surface area contributed by atoms with Gasteiger partial charge in [0.1, 0.15) is 5.60 Å². The monoisotopic (exact) mass is 213 g/mol. The van der Waals surface area contributed by atoms with E-state index in [4.69, 9.17) is 4.74 Å². The first-order chi connectivity index (χ1) is 6.92. The van der Waals surface area contributed by atoms with Gasteiger partial charge in [0.05, 0.1) is 6.42 Å². The number of hydrogen-bond acceptors (Lipinski definition) is 3. The fraction of sp³-hybridized carbons (Fsp3) is 0.917. The minimum Gasteiger partial charge on any atom is -0.460 e. The Morgan fingerprint density at radius 2 is 2.13 bits per heavy atom. The molecule has 0 heterocycles. The summed E-state index contributed by atoms with van der Waals surface area (Å²) in [7, 11) is 0. The third kappa shape index (κ3) is 5.17. The Bertz CT molecular complexity index is 220. The van der Waals surface area contributed by atoms with Crippen LogP contribution in [0.25, 0.3) is 0 Å². The predicted molar refractivity (Wildman–Crippen MR) is 60.7 cm³/mol. The second-order valence-corrected chi connectivity index (χ2v) is 5.30. The average Bonchev–Trinajstić information content (AvgIpc) is 2.80. The van der Waals surface area contributed by atoms with Crippen LogP contribution < -0.4 is 5.32 Å². The molecule has 0 aromatic heterocycles. The molecular weight excluding hydrogens is 190 g/mol. The van der Waals surface area contributed by atoms with Gasteiger partial charge in [0, 0.05) is 12.6 Å². The Balaban J connectivity index is 2.03. The zero-order valence-corrected chi connectivity index (χ0v) is 10.3. The van der Waals surface area contributed by atoms with E-state index in [0.717, 1.165) is 12.5 Å². The molecule has 88 valence electrons. The fourth-order valence-corrected chi connectivity index (χ4v) is 1.70. The summed E-state index contributed by atoms with van der Waals surface area (Å²) in [5, 5.41) is 3.37. The van der Waals surface area contributed by atoms with Gasteiger partial charge in [0.2, 0.25) is 0 Å². The van der Waals surface area contributed by atoms with Gasteiger partial charge in [-0.2, -0.15) is 0 Å². The SMILES string of the molecule is CCC1CC1NCCC(=O)OC(C)(C)C. The molecule has 1 aliphatic rings. The highest BCUT2D eigenvalue weighted by Gasteiger charge is 2.34. The molecule has 2 unspecified atom stereocenters. The van der Waals surface area contributed by atoms with E-state index in [1.807, 2.05) is 20.8 Å². The minimum absolute atomic E-state index is 0.108. The van der Waals surface area contributed by atoms with Crippen LogP contribution in [0.1, 0.15) is 47.0 Å². The average molecular weight is 213 g/mol. The first-order valence-electron chi connectivity index (χ1n) is 5.87. The number of carbonyl (C=O) groups excluding carboxylic acids is 1. The molecule has 0 spiro atoms. The van der Waals surface area contributed by atoms with Gasteiger partial charge < -0.3 is 10.1 Å². The first-order valence-corrected chi connectivity index (χ1v) is 5.87. The second-order valence-electron chi connectivity index (χ2n) is 5.30. The summed E-state index contributed by atoms with van der Waals surface area (Å²) < 4.78 is 5.21. The van der Waals surface area contributed by atoms with Gasteiger partial charge in [-0.15, -0.1) is 0 Å². The van der Waals surface area contributed by atoms with E-state index in [2.05, 4.69) is 12.2 Å². The van der Waals surface area contributed by atoms with Gasteiger partial charge in [-0.05, 0) is 33.1 Å². The number of nitrogens with one attached hydrogen (secondary N) is 1. The number of ether oxygens (including phenoxy) is 1. The summed E-state index contributed by atoms with van der Waals surface area (Å²) in [4.78, 5) is 11.3. The molecule has 15 heavy (non-hydrogen) atoms. The van der Waals surface area contributed by atoms with Crippen molar-refractivity contribution in [3.63, 3.8) is 0 Å². The topological polar surface area (TPSA) is 38.3 Å². The van der Waals surface area contributed by atoms with Crippen molar-refractivity contribution in [1.82, 2.24) is 5.32 Å². The van der Waals surface area contributed by atoms with E-state index in [9.17, 15) is 4.79 Å². The van der Waals surface area contributed by atoms with Crippen LogP contribution in [0.5, 0.6) is 0 Å². The molecule has 0 bridgehead atoms. The Hall–Kier alpha value is -0.570. The van der Waals surface area contributed by atoms with Gasteiger partial charge >= 0.3 is 5.97 Å². The molecule has 1 rings (SSSR count). The van der Waals surface area contributed by atoms with Gasteiger partial charge in [-0.3, -0.25) is 4.79 Å². The summed E-state index contributed by atoms with van der Waals surface area (Å²) in [5.74, 6) is 0.729. The van der Waals surface area contributed by atoms with Gasteiger partial charge in [0.25, 0.3) is 0 Å². The number of esters is 1. The quantitative estimate of drug-likeness (QED) is 0.711. The Morgan fingerprint density at radius 3 is 2.60 bits per heavy atom. The van der Waals surface area contributed by atoms with Crippen molar-refractivity contribution in [3.8, 4) is 0 Å². The van der Waals surface area contributed by atoms with Crippen LogP contribution in [0.2, 0.25) is 0 Å². The third-order valence-electron chi connectivity index (χ3n) is 2.60. The van der Waals surface area contributed by atoms with E-state index < -0.39 is 0 Å². The lowest BCUT2D eigenvalue weighted by Gasteiger charge is -2.19. The molecule has 0 radical (unpaired) electrons. The summed E-state index contributed by atoms with van der Waals surface area (Å²) in [6.45, 7) is 8.64. The van der Waals surface area contributed by atoms with Crippen molar-refractivity contribution in [3.05, 3.63) is 0 Å². The minimum atomic E-state index is -0.359. The van der Waals surface area contributed by atoms with E-state index >= 15 is 0 Å². The number of rotatable bonds is 5. The van der Waals surface area contributed by atoms with Crippen LogP contribution in [-0.2, 0) is 9.53 Å². The molecule has 1 saturated carbocycles. The van der Waals surface area contributed by atoms with Crippen molar-refractivity contribution in [1.29, 1.82) is 0 Å². The lowest BCUT2D eigenvalue weighted by Crippen LogP contribution is -2.27. The normalized spacial score (nSPS) is 25.1. The lowest BCUT2D eigenvalue weighted by molar-refractivity contribution is -0.154. The highest BCUT2D eigenvalue weighted by Crippen LogP contribution is 2.32. The van der Waals surface area contributed by atoms with Crippen LogP contribution in [-0.4, -0.2) is 24.2 Å². The Morgan fingerprint density at radius 1 is 1.47 bits per heavy atom. The van der Waals surface area contributed by atoms with Crippen LogP contribution in [0.4, 0.5) is 0 Å². The second kappa shape index (κ2) is 4.97. The van der Waals surface area contributed by atoms with E-state index in [-0.39, 0.29) is 11.6 Å². The molecule has 3 heteroatoms. The van der Waals surface area contributed by atoms with E-state index in [1.54, 1.807) is 0 Å². The fourth-order valence-electron chi connectivity index (χ4n) is 1.70. The molecule has 0 aromatic rings. The molecule has 0 saturated heterocycles. The molecule has 3 nitrogen and oxygen atoms in total. The maximum atomic E-state index is 11.3. The zero-order chi connectivity index (χ0) is 11.5. The summed E-state index contributed by atoms with van der Waals surface area (Å²) in [6.07, 6.45) is 2.99. The van der Waals surface area contributed by atoms with Gasteiger partial charge in [-0.1, -0.05) is 13.3 Å². The maximum Gasteiger partial charge on any atom is 0.307 e. The van der Waals surface area contributed by atoms with Crippen molar-refractivity contribution < 1.29 is 9.53 Å². The molecule has 1 aliphatic carbocycles. The largest absolute Gasteiger partial charge is 0.460 e. The third-order valence-corrected chi connectivity index (χ3v) is 2.60. The van der Waals surface area contributed by atoms with Crippen molar-refractivity contribution in [2.45, 2.75) is 58.6 Å². The predicted octanol–water partition coefficient (Wildman–Crippen LogP) is 2.11. The zero-order valence-electron chi connectivity index (χ0n) is 10.3. The number of carbonyl (C=O) groups is 1. The molecular formula is C12H23NO2. The van der Waals surface area contributed by atoms with Gasteiger partial charge in [0.15, 0.2) is 0 Å². The molecule has 1 fully saturated rings. The van der Waals surface area contributed by atoms with Crippen LogP contribution in [0.15, 0.2) is 0 Å². The molecule has 0 aromatic carbocycles. The summed E-state index contributed by atoms with van der Waals surface area (Å²) in [6, 6.07) is 0.650. The highest BCUT2D eigenvalue weighted by molar-refractivity contribution is 5.70. The van der Waals surface area contributed by atoms with E-state index in [0.29, 0.717) is 12.5 Å². The summed E-state index contributed by atoms with van der Waals surface area (Å²) >= 11 is 0. The summed E-state index contributed by atoms with van der Waals surface area (Å²) in [5.41, 5.74) is -0.359. The van der Waals surface area contributed by atoms with Crippen LogP contribution in [0.3, 0.4) is 0 Å². The standard InChI is InChI=1S/C12H23NO2/c1-5-9-8-10(9)13-7-6-11(14)15-12(2,3)4/h9-10,13H,5-8H2,1-4H3. The highest BCUT2D eigenvalue weighted by atomic mass is 16.6. The van der Waals surface area contributed by atoms with Crippen molar-refractivity contribution >= 4 is 5.97 Å². The van der Waals surface area contributed by atoms with Crippen LogP contribution >= 0.6 is 0 Å². The number of hydrogen-bond donors (Lipinski definition) is 1. The molecule has 0 aliphatic heterocycles. The van der Waals surface area contributed by atoms with Crippen LogP contribution in [0, 0.1) is 5.92 Å². The smallest absolute Gasteiger partial charge is 0.307 e. The lowest BCUT2D eigenvalue weighted by atomic mass is 10.2. The molecule has 0 amide bonds. The maximum absolute atomic E-state index is 11.3. The Kier molecular flexibility index (Phi) is 4.14. The van der Waals surface area contributed by atoms with Gasteiger partial charge in [-0.25, -0.2) is 0 Å². The Labute approximate surface area is 92.6 Å². The van der Waals surface area contributed by atoms with Crippen molar-refractivity contribution in [2.75, 3.05) is 6.54 Å². The van der Waals surface area contributed by atoms with E-state index in [1.165, 1.54) is 12.8 Å². The first kappa shape index (κ1) is 12.5. The molecule has 1 N–H and O–H groups in total. The van der Waals surface area contributed by atoms with Crippen molar-refractivity contribution in [2.24, 2.45) is 5.92 Å². The molecule has 2 atom stereocenters.